The molecule has 11 nitrogen and oxygen atoms in total. The highest BCUT2D eigenvalue weighted by Crippen LogP contribution is 2.44. The summed E-state index contributed by atoms with van der Waals surface area (Å²) < 4.78 is 19.1. The second-order valence-corrected chi connectivity index (χ2v) is 24.4. The second-order valence-electron chi connectivity index (χ2n) is 19.3. The van der Waals surface area contributed by atoms with E-state index in [9.17, 15) is 19.5 Å². The number of benzene rings is 3. The minimum atomic E-state index is -2.28. The number of nitrogens with zero attached hydrogens (tertiary/aromatic N) is 1. The van der Waals surface area contributed by atoms with Gasteiger partial charge in [-0.3, -0.25) is 19.3 Å². The number of hydrogen-bond acceptors (Lipinski definition) is 9. The summed E-state index contributed by atoms with van der Waals surface area (Å²) in [7, 11) is -0.685. The van der Waals surface area contributed by atoms with Crippen LogP contribution in [0.3, 0.4) is 0 Å². The molecule has 3 aromatic carbocycles. The van der Waals surface area contributed by atoms with E-state index in [-0.39, 0.29) is 34.3 Å². The van der Waals surface area contributed by atoms with Crippen LogP contribution >= 0.6 is 11.6 Å². The molecule has 4 aromatic rings. The van der Waals surface area contributed by atoms with Crippen molar-refractivity contribution in [2.24, 2.45) is 5.92 Å². The van der Waals surface area contributed by atoms with E-state index in [1.54, 1.807) is 25.3 Å². The normalized spacial score (nSPS) is 20.5. The number of aromatic hydroxyl groups is 1. The van der Waals surface area contributed by atoms with Crippen molar-refractivity contribution in [2.45, 2.75) is 127 Å². The van der Waals surface area contributed by atoms with E-state index < -0.39 is 19.8 Å². The highest BCUT2D eigenvalue weighted by Gasteiger charge is 2.46. The lowest BCUT2D eigenvalue weighted by atomic mass is 9.69. The molecule has 0 radical (unpaired) electrons. The number of H-pyrrole nitrogens is 1. The summed E-state index contributed by atoms with van der Waals surface area (Å²) in [4.78, 5) is 44.7. The van der Waals surface area contributed by atoms with Crippen LogP contribution in [0.4, 0.5) is 5.69 Å². The molecule has 3 aliphatic heterocycles. The van der Waals surface area contributed by atoms with Gasteiger partial charge in [0, 0.05) is 49.1 Å². The third-order valence-corrected chi connectivity index (χ3v) is 18.9. The molecule has 334 valence electrons. The Morgan fingerprint density at radius 1 is 1.03 bits per heavy atom. The first-order valence-corrected chi connectivity index (χ1v) is 25.8. The van der Waals surface area contributed by atoms with Crippen LogP contribution < -0.4 is 20.9 Å². The number of aromatic nitrogens is 1. The molecular weight excluding hydrogens is 820 g/mol. The fourth-order valence-corrected chi connectivity index (χ4v) is 10.9. The lowest BCUT2D eigenvalue weighted by molar-refractivity contribution is -0.167. The van der Waals surface area contributed by atoms with Crippen LogP contribution in [-0.2, 0) is 37.1 Å². The van der Waals surface area contributed by atoms with E-state index in [2.05, 4.69) is 72.6 Å². The zero-order valence-corrected chi connectivity index (χ0v) is 39.1. The molecule has 4 aliphatic rings. The highest BCUT2D eigenvalue weighted by molar-refractivity contribution is 6.74. The molecule has 1 aromatic heterocycles. The molecule has 1 saturated carbocycles. The van der Waals surface area contributed by atoms with Gasteiger partial charge in [-0.1, -0.05) is 82.0 Å². The Morgan fingerprint density at radius 2 is 1.79 bits per heavy atom. The molecule has 3 saturated heterocycles. The Hall–Kier alpha value is -4.20. The van der Waals surface area contributed by atoms with Crippen LogP contribution in [0.2, 0.25) is 23.2 Å². The summed E-state index contributed by atoms with van der Waals surface area (Å²) in [5.41, 5.74) is 3.77. The number of pyridine rings is 1. The van der Waals surface area contributed by atoms with Gasteiger partial charge < -0.3 is 34.6 Å². The summed E-state index contributed by atoms with van der Waals surface area (Å²) in [5.74, 6) is 0.851. The number of phenolic OH excluding ortho intramolecular Hbond substituents is 1. The Morgan fingerprint density at radius 3 is 2.48 bits per heavy atom. The first-order chi connectivity index (χ1) is 29.6. The maximum absolute atomic E-state index is 14.1. The lowest BCUT2D eigenvalue weighted by Crippen LogP contribution is -2.53. The summed E-state index contributed by atoms with van der Waals surface area (Å²) in [6.45, 7) is 14.9. The highest BCUT2D eigenvalue weighted by atomic mass is 35.5. The average Bonchev–Trinajstić information content (AvgIpc) is 3.25. The molecule has 4 heterocycles. The number of amides is 1. The molecule has 4 fully saturated rings. The third kappa shape index (κ3) is 10.3. The fourth-order valence-electron chi connectivity index (χ4n) is 9.39. The van der Waals surface area contributed by atoms with Gasteiger partial charge in [0.2, 0.25) is 11.5 Å². The van der Waals surface area contributed by atoms with Crippen LogP contribution in [-0.4, -0.2) is 74.6 Å². The van der Waals surface area contributed by atoms with Crippen molar-refractivity contribution in [3.8, 4) is 11.5 Å². The standard InChI is InChI=1S/C49H65ClN4O7Si/c1-48(2,3)62(5,6)61-42(36-16-18-40(55)46-37(36)17-19-45(57)53-46)30-51-29-34-27-38(50)39(28-41(34)59-4)52-44(56)15-11-13-32-12-10-14-35(26-32)49(22-8-7-9-23-49)47(58)60-43-31-54-24-20-33(43)21-25-54/h10,12,14,16-19,26-28,33,42-43,51,55H,7-9,11,13,15,20-25,29-31H2,1-6H3,(H,52,56)(H,53,57)/t42-,43+/m1/s1. The number of anilines is 1. The molecule has 13 heteroatoms. The van der Waals surface area contributed by atoms with Gasteiger partial charge in [-0.2, -0.15) is 0 Å². The zero-order valence-electron chi connectivity index (χ0n) is 37.3. The lowest BCUT2D eigenvalue weighted by Gasteiger charge is -2.45. The first-order valence-electron chi connectivity index (χ1n) is 22.5. The minimum absolute atomic E-state index is 0.000696. The van der Waals surface area contributed by atoms with Crippen molar-refractivity contribution in [1.29, 1.82) is 0 Å². The molecule has 0 unspecified atom stereocenters. The number of halogens is 1. The molecule has 2 atom stereocenters. The second kappa shape index (κ2) is 19.3. The van der Waals surface area contributed by atoms with Crippen molar-refractivity contribution in [1.82, 2.24) is 15.2 Å². The predicted molar refractivity (Wildman–Crippen MR) is 249 cm³/mol. The van der Waals surface area contributed by atoms with Crippen molar-refractivity contribution < 1.29 is 28.6 Å². The molecule has 2 bridgehead atoms. The number of piperidine rings is 3. The number of aromatic amines is 1. The van der Waals surface area contributed by atoms with E-state index >= 15 is 0 Å². The van der Waals surface area contributed by atoms with Crippen molar-refractivity contribution in [2.75, 3.05) is 38.6 Å². The predicted octanol–water partition coefficient (Wildman–Crippen LogP) is 9.55. The van der Waals surface area contributed by atoms with Gasteiger partial charge in [0.15, 0.2) is 8.32 Å². The SMILES string of the molecule is COc1cc(NC(=O)CCCc2cccc(C3(C(=O)O[C@H]4CN5CCC4CC5)CCCCC3)c2)c(Cl)cc1CNC[C@@H](O[Si](C)(C)C(C)(C)C)c1ccc(O)c2[nH]c(=O)ccc12. The zero-order chi connectivity index (χ0) is 44.2. The quantitative estimate of drug-likeness (QED) is 0.0640. The number of aryl methyl sites for hydroxylation is 1. The number of carbonyl (C=O) groups excluding carboxylic acids is 2. The van der Waals surface area contributed by atoms with Crippen LogP contribution in [0.25, 0.3) is 10.9 Å². The fraction of sp³-hybridized carbons (Fsp3) is 0.531. The molecule has 0 spiro atoms. The Bertz CT molecular complexity index is 2290. The van der Waals surface area contributed by atoms with Gasteiger partial charge in [-0.15, -0.1) is 0 Å². The molecular formula is C49H65ClN4O7Si. The number of phenols is 1. The van der Waals surface area contributed by atoms with Gasteiger partial charge in [0.05, 0.1) is 34.9 Å². The van der Waals surface area contributed by atoms with Gasteiger partial charge in [0.1, 0.15) is 17.6 Å². The van der Waals surface area contributed by atoms with E-state index in [1.165, 1.54) is 6.07 Å². The summed E-state index contributed by atoms with van der Waals surface area (Å²) >= 11 is 6.80. The Labute approximate surface area is 372 Å². The maximum atomic E-state index is 14.1. The molecule has 1 amide bonds. The third-order valence-electron chi connectivity index (χ3n) is 14.1. The van der Waals surface area contributed by atoms with Crippen LogP contribution in [0.5, 0.6) is 11.5 Å². The number of methoxy groups -OCH3 is 1. The van der Waals surface area contributed by atoms with Crippen molar-refractivity contribution >= 4 is 48.4 Å². The number of esters is 1. The van der Waals surface area contributed by atoms with Gasteiger partial charge in [-0.25, -0.2) is 0 Å². The van der Waals surface area contributed by atoms with Crippen LogP contribution in [0.1, 0.15) is 107 Å². The summed E-state index contributed by atoms with van der Waals surface area (Å²) in [5, 5.41) is 18.2. The summed E-state index contributed by atoms with van der Waals surface area (Å²) in [6.07, 6.45) is 8.24. The Kier molecular flexibility index (Phi) is 14.2. The van der Waals surface area contributed by atoms with E-state index in [0.29, 0.717) is 65.6 Å². The Balaban J connectivity index is 0.972. The molecule has 4 N–H and O–H groups in total. The van der Waals surface area contributed by atoms with Crippen LogP contribution in [0.15, 0.2) is 65.5 Å². The molecule has 1 aliphatic carbocycles. The van der Waals surface area contributed by atoms with Crippen molar-refractivity contribution in [3.05, 3.63) is 98.3 Å². The van der Waals surface area contributed by atoms with E-state index in [0.717, 1.165) is 86.8 Å². The largest absolute Gasteiger partial charge is 0.506 e. The molecule has 62 heavy (non-hydrogen) atoms. The first kappa shape index (κ1) is 45.8. The average molecular weight is 886 g/mol. The van der Waals surface area contributed by atoms with Crippen molar-refractivity contribution in [3.63, 3.8) is 0 Å². The topological polar surface area (TPSA) is 142 Å². The van der Waals surface area contributed by atoms with Crippen LogP contribution in [0, 0.1) is 5.92 Å². The van der Waals surface area contributed by atoms with E-state index in [1.807, 2.05) is 18.2 Å². The monoisotopic (exact) mass is 884 g/mol. The summed E-state index contributed by atoms with van der Waals surface area (Å²) in [6, 6.07) is 18.6. The smallest absolute Gasteiger partial charge is 0.316 e. The number of rotatable bonds is 16. The minimum Gasteiger partial charge on any atom is -0.506 e. The maximum Gasteiger partial charge on any atom is 0.316 e. The number of nitrogens with one attached hydrogen (secondary N) is 3. The number of hydrogen-bond donors (Lipinski definition) is 4. The van der Waals surface area contributed by atoms with Gasteiger partial charge in [0.25, 0.3) is 0 Å². The van der Waals surface area contributed by atoms with E-state index in [4.69, 9.17) is 25.5 Å². The molecule has 8 rings (SSSR count). The number of ether oxygens (including phenoxy) is 2. The van der Waals surface area contributed by atoms with Gasteiger partial charge >= 0.3 is 5.97 Å². The number of fused-ring (bicyclic) bond motifs is 4. The number of carbonyl (C=O) groups is 2. The van der Waals surface area contributed by atoms with Gasteiger partial charge in [-0.05, 0) is 111 Å².